The van der Waals surface area contributed by atoms with Crippen molar-refractivity contribution in [3.8, 4) is 0 Å². The minimum absolute atomic E-state index is 0.244. The van der Waals surface area contributed by atoms with Crippen LogP contribution in [0.3, 0.4) is 0 Å². The molecule has 0 amide bonds. The van der Waals surface area contributed by atoms with Crippen molar-refractivity contribution >= 4 is 11.6 Å². The van der Waals surface area contributed by atoms with Crippen LogP contribution in [-0.2, 0) is 13.6 Å². The summed E-state index contributed by atoms with van der Waals surface area (Å²) in [5.74, 6) is 0.274. The van der Waals surface area contributed by atoms with Gasteiger partial charge in [0.25, 0.3) is 0 Å². The van der Waals surface area contributed by atoms with Crippen molar-refractivity contribution < 1.29 is 9.34 Å². The number of nitrogens with one attached hydrogen (secondary N) is 1. The van der Waals surface area contributed by atoms with E-state index in [9.17, 15) is 10.1 Å². The number of aromatic nitrogens is 2. The fourth-order valence-corrected chi connectivity index (χ4v) is 1.76. The molecular weight excluding hydrogens is 236 g/mol. The summed E-state index contributed by atoms with van der Waals surface area (Å²) in [6.07, 6.45) is 0. The fraction of sp³-hybridized carbons (Fsp3) is 0.364. The summed E-state index contributed by atoms with van der Waals surface area (Å²) in [6.45, 7) is 4.24. The van der Waals surface area contributed by atoms with Gasteiger partial charge < -0.3 is 9.73 Å². The third-order valence-electron chi connectivity index (χ3n) is 2.78. The molecule has 1 N–H and O–H groups in total. The zero-order chi connectivity index (χ0) is 13.3. The van der Waals surface area contributed by atoms with Crippen LogP contribution in [0.5, 0.6) is 0 Å². The van der Waals surface area contributed by atoms with Crippen molar-refractivity contribution in [2.75, 3.05) is 5.32 Å². The van der Waals surface area contributed by atoms with Crippen LogP contribution in [0, 0.1) is 24.0 Å². The van der Waals surface area contributed by atoms with E-state index in [1.54, 1.807) is 10.7 Å². The number of rotatable bonds is 4. The van der Waals surface area contributed by atoms with Crippen molar-refractivity contribution in [3.63, 3.8) is 0 Å². The molecule has 2 rings (SSSR count). The van der Waals surface area contributed by atoms with Crippen LogP contribution >= 0.6 is 0 Å². The SMILES string of the molecule is Cc1nn(C)c(C)c1NCc1ccc([N+](=O)[O-])o1. The second kappa shape index (κ2) is 4.52. The van der Waals surface area contributed by atoms with Gasteiger partial charge in [-0.15, -0.1) is 0 Å². The van der Waals surface area contributed by atoms with Gasteiger partial charge in [0.1, 0.15) is 10.7 Å². The molecule has 2 heterocycles. The Balaban J connectivity index is 2.09. The summed E-state index contributed by atoms with van der Waals surface area (Å²) < 4.78 is 6.84. The summed E-state index contributed by atoms with van der Waals surface area (Å²) in [7, 11) is 1.87. The minimum atomic E-state index is -0.552. The summed E-state index contributed by atoms with van der Waals surface area (Å²) in [5.41, 5.74) is 2.82. The number of nitro groups is 1. The third-order valence-corrected chi connectivity index (χ3v) is 2.78. The van der Waals surface area contributed by atoms with E-state index in [1.807, 2.05) is 20.9 Å². The van der Waals surface area contributed by atoms with Gasteiger partial charge in [-0.2, -0.15) is 5.10 Å². The molecule has 0 aromatic carbocycles. The van der Waals surface area contributed by atoms with Crippen LogP contribution in [-0.4, -0.2) is 14.7 Å². The second-order valence-electron chi connectivity index (χ2n) is 4.02. The zero-order valence-corrected chi connectivity index (χ0v) is 10.4. The Morgan fingerprint density at radius 3 is 2.72 bits per heavy atom. The molecule has 0 fully saturated rings. The van der Waals surface area contributed by atoms with E-state index in [0.29, 0.717) is 12.3 Å². The van der Waals surface area contributed by atoms with E-state index in [1.165, 1.54) is 6.07 Å². The van der Waals surface area contributed by atoms with Crippen LogP contribution in [0.4, 0.5) is 11.6 Å². The molecule has 0 saturated heterocycles. The van der Waals surface area contributed by atoms with Crippen LogP contribution in [0.25, 0.3) is 0 Å². The molecule has 0 atom stereocenters. The van der Waals surface area contributed by atoms with Crippen LogP contribution in [0.15, 0.2) is 16.5 Å². The smallest absolute Gasteiger partial charge is 0.404 e. The molecule has 7 nitrogen and oxygen atoms in total. The molecular formula is C11H14N4O3. The molecule has 0 radical (unpaired) electrons. The maximum Gasteiger partial charge on any atom is 0.433 e. The Morgan fingerprint density at radius 2 is 2.22 bits per heavy atom. The largest absolute Gasteiger partial charge is 0.433 e. The first kappa shape index (κ1) is 12.2. The molecule has 0 saturated carbocycles. The van der Waals surface area contributed by atoms with Crippen LogP contribution < -0.4 is 5.32 Å². The van der Waals surface area contributed by atoms with Gasteiger partial charge in [0, 0.05) is 7.05 Å². The molecule has 18 heavy (non-hydrogen) atoms. The maximum atomic E-state index is 10.5. The topological polar surface area (TPSA) is 86.1 Å². The molecule has 0 spiro atoms. The second-order valence-corrected chi connectivity index (χ2v) is 4.02. The number of hydrogen-bond donors (Lipinski definition) is 1. The van der Waals surface area contributed by atoms with Gasteiger partial charge >= 0.3 is 5.88 Å². The highest BCUT2D eigenvalue weighted by molar-refractivity contribution is 5.52. The van der Waals surface area contributed by atoms with Gasteiger partial charge in [-0.25, -0.2) is 0 Å². The number of nitrogens with zero attached hydrogens (tertiary/aromatic N) is 3. The Kier molecular flexibility index (Phi) is 3.05. The first-order valence-electron chi connectivity index (χ1n) is 5.46. The summed E-state index contributed by atoms with van der Waals surface area (Å²) >= 11 is 0. The standard InChI is InChI=1S/C11H14N4O3/c1-7-11(8(2)14(3)13-7)12-6-9-4-5-10(18-9)15(16)17/h4-5,12H,6H2,1-3H3. The highest BCUT2D eigenvalue weighted by Gasteiger charge is 2.13. The molecule has 7 heteroatoms. The number of anilines is 1. The Hall–Kier alpha value is -2.31. The molecule has 0 aliphatic carbocycles. The first-order valence-corrected chi connectivity index (χ1v) is 5.46. The average Bonchev–Trinajstić information content (AvgIpc) is 2.85. The average molecular weight is 250 g/mol. The lowest BCUT2D eigenvalue weighted by molar-refractivity contribution is -0.402. The van der Waals surface area contributed by atoms with Crippen LogP contribution in [0.2, 0.25) is 0 Å². The summed E-state index contributed by atoms with van der Waals surface area (Å²) in [6, 6.07) is 2.94. The van der Waals surface area contributed by atoms with Crippen LogP contribution in [0.1, 0.15) is 17.1 Å². The lowest BCUT2D eigenvalue weighted by atomic mass is 10.3. The van der Waals surface area contributed by atoms with E-state index < -0.39 is 4.92 Å². The van der Waals surface area contributed by atoms with E-state index in [4.69, 9.17) is 4.42 Å². The third kappa shape index (κ3) is 2.20. The number of aryl methyl sites for hydroxylation is 2. The number of hydrogen-bond acceptors (Lipinski definition) is 5. The summed E-state index contributed by atoms with van der Waals surface area (Å²) in [5, 5.41) is 17.9. The molecule has 0 unspecified atom stereocenters. The monoisotopic (exact) mass is 250 g/mol. The van der Waals surface area contributed by atoms with E-state index >= 15 is 0 Å². The molecule has 2 aromatic heterocycles. The molecule has 0 aliphatic heterocycles. The minimum Gasteiger partial charge on any atom is -0.404 e. The van der Waals surface area contributed by atoms with E-state index in [0.717, 1.165) is 17.1 Å². The van der Waals surface area contributed by atoms with Gasteiger partial charge in [0.05, 0.1) is 29.7 Å². The van der Waals surface area contributed by atoms with Gasteiger partial charge in [0.2, 0.25) is 0 Å². The lowest BCUT2D eigenvalue weighted by Crippen LogP contribution is -2.00. The predicted molar refractivity (Wildman–Crippen MR) is 65.4 cm³/mol. The van der Waals surface area contributed by atoms with Crippen molar-refractivity contribution in [2.45, 2.75) is 20.4 Å². The fourth-order valence-electron chi connectivity index (χ4n) is 1.76. The highest BCUT2D eigenvalue weighted by Crippen LogP contribution is 2.21. The zero-order valence-electron chi connectivity index (χ0n) is 10.4. The predicted octanol–water partition coefficient (Wildman–Crippen LogP) is 2.15. The van der Waals surface area contributed by atoms with Gasteiger partial charge in [-0.05, 0) is 19.9 Å². The molecule has 96 valence electrons. The van der Waals surface area contributed by atoms with Gasteiger partial charge in [0.15, 0.2) is 0 Å². The highest BCUT2D eigenvalue weighted by atomic mass is 16.6. The summed E-state index contributed by atoms with van der Waals surface area (Å²) in [4.78, 5) is 9.93. The van der Waals surface area contributed by atoms with E-state index in [2.05, 4.69) is 10.4 Å². The molecule has 0 aliphatic rings. The first-order chi connectivity index (χ1) is 8.49. The maximum absolute atomic E-state index is 10.5. The Morgan fingerprint density at radius 1 is 1.50 bits per heavy atom. The van der Waals surface area contributed by atoms with Crippen molar-refractivity contribution in [2.24, 2.45) is 7.05 Å². The quantitative estimate of drug-likeness (QED) is 0.663. The lowest BCUT2D eigenvalue weighted by Gasteiger charge is -2.04. The van der Waals surface area contributed by atoms with E-state index in [-0.39, 0.29) is 5.88 Å². The van der Waals surface area contributed by atoms with Crippen molar-refractivity contribution in [1.29, 1.82) is 0 Å². The molecule has 0 bridgehead atoms. The molecule has 2 aromatic rings. The Labute approximate surface area is 104 Å². The van der Waals surface area contributed by atoms with Crippen molar-refractivity contribution in [3.05, 3.63) is 39.4 Å². The van der Waals surface area contributed by atoms with Gasteiger partial charge in [-0.3, -0.25) is 14.8 Å². The Bertz CT molecular complexity index is 585. The van der Waals surface area contributed by atoms with Gasteiger partial charge in [-0.1, -0.05) is 0 Å². The van der Waals surface area contributed by atoms with Crippen molar-refractivity contribution in [1.82, 2.24) is 9.78 Å². The number of furan rings is 1. The normalized spacial score (nSPS) is 10.6.